The molecule has 0 spiro atoms. The van der Waals surface area contributed by atoms with E-state index in [0.717, 1.165) is 0 Å². The van der Waals surface area contributed by atoms with Gasteiger partial charge in [0.05, 0.1) is 39.5 Å². The van der Waals surface area contributed by atoms with E-state index in [1.54, 1.807) is 0 Å². The van der Waals surface area contributed by atoms with Crippen LogP contribution in [0.4, 0.5) is 0 Å². The van der Waals surface area contributed by atoms with E-state index in [0.29, 0.717) is 39.5 Å². The summed E-state index contributed by atoms with van der Waals surface area (Å²) in [6.45, 7) is 3.09. The molecule has 1 rings (SSSR count). The summed E-state index contributed by atoms with van der Waals surface area (Å²) in [6.07, 6.45) is 0. The minimum atomic E-state index is -0.146. The van der Waals surface area contributed by atoms with E-state index in [1.165, 1.54) is 0 Å². The van der Waals surface area contributed by atoms with Gasteiger partial charge in [-0.1, -0.05) is 0 Å². The van der Waals surface area contributed by atoms with Crippen molar-refractivity contribution in [2.45, 2.75) is 0 Å². The monoisotopic (exact) mass is 245 g/mol. The van der Waals surface area contributed by atoms with E-state index in [4.69, 9.17) is 9.47 Å². The number of carbonyl (C=O) groups is 2. The van der Waals surface area contributed by atoms with Gasteiger partial charge in [-0.2, -0.15) is 0 Å². The highest BCUT2D eigenvalue weighted by Crippen LogP contribution is 1.79. The molecule has 1 fully saturated rings. The molecular formula is C10H19N3O4. The molecule has 0 bridgehead atoms. The van der Waals surface area contributed by atoms with Gasteiger partial charge in [0.15, 0.2) is 0 Å². The molecule has 7 heteroatoms. The molecule has 0 aromatic carbocycles. The molecule has 3 N–H and O–H groups in total. The summed E-state index contributed by atoms with van der Waals surface area (Å²) in [5.74, 6) is -0.292. The number of hydrogen-bond acceptors (Lipinski definition) is 5. The van der Waals surface area contributed by atoms with Crippen molar-refractivity contribution in [1.82, 2.24) is 16.0 Å². The molecule has 1 aliphatic rings. The lowest BCUT2D eigenvalue weighted by Gasteiger charge is -2.06. The van der Waals surface area contributed by atoms with Crippen LogP contribution in [0.25, 0.3) is 0 Å². The standard InChI is InChI=1S/C10H19N3O4/c14-9-7-11-8-10(15)13-2-4-17-6-5-16-3-1-12-9/h11H,1-8H2,(H,12,14)(H,13,15). The Hall–Kier alpha value is -1.18. The van der Waals surface area contributed by atoms with Gasteiger partial charge in [0, 0.05) is 13.1 Å². The van der Waals surface area contributed by atoms with Gasteiger partial charge in [-0.15, -0.1) is 0 Å². The van der Waals surface area contributed by atoms with Gasteiger partial charge < -0.3 is 20.1 Å². The smallest absolute Gasteiger partial charge is 0.234 e. The largest absolute Gasteiger partial charge is 0.377 e. The second-order valence-corrected chi connectivity index (χ2v) is 3.53. The van der Waals surface area contributed by atoms with Crippen LogP contribution in [0.1, 0.15) is 0 Å². The Balaban J connectivity index is 2.24. The molecular weight excluding hydrogens is 226 g/mol. The summed E-state index contributed by atoms with van der Waals surface area (Å²) in [5, 5.41) is 8.08. The first-order valence-corrected chi connectivity index (χ1v) is 5.68. The molecule has 17 heavy (non-hydrogen) atoms. The lowest BCUT2D eigenvalue weighted by atomic mass is 10.5. The number of rotatable bonds is 0. The molecule has 0 saturated carbocycles. The fraction of sp³-hybridized carbons (Fsp3) is 0.800. The lowest BCUT2D eigenvalue weighted by molar-refractivity contribution is -0.121. The Morgan fingerprint density at radius 1 is 0.765 bits per heavy atom. The predicted molar refractivity (Wildman–Crippen MR) is 60.5 cm³/mol. The highest BCUT2D eigenvalue weighted by molar-refractivity contribution is 5.81. The summed E-state index contributed by atoms with van der Waals surface area (Å²) < 4.78 is 10.5. The van der Waals surface area contributed by atoms with Gasteiger partial charge in [0.2, 0.25) is 11.8 Å². The Kier molecular flexibility index (Phi) is 7.28. The van der Waals surface area contributed by atoms with Gasteiger partial charge in [0.25, 0.3) is 0 Å². The van der Waals surface area contributed by atoms with Crippen LogP contribution in [0.3, 0.4) is 0 Å². The molecule has 2 amide bonds. The van der Waals surface area contributed by atoms with Crippen LogP contribution in [-0.4, -0.2) is 64.4 Å². The first-order valence-electron chi connectivity index (χ1n) is 5.68. The third-order valence-corrected chi connectivity index (χ3v) is 2.08. The van der Waals surface area contributed by atoms with Crippen LogP contribution < -0.4 is 16.0 Å². The average molecular weight is 245 g/mol. The van der Waals surface area contributed by atoms with E-state index < -0.39 is 0 Å². The molecule has 0 atom stereocenters. The van der Waals surface area contributed by atoms with Crippen LogP contribution in [-0.2, 0) is 19.1 Å². The van der Waals surface area contributed by atoms with Crippen molar-refractivity contribution in [3.63, 3.8) is 0 Å². The van der Waals surface area contributed by atoms with Crippen molar-refractivity contribution in [3.05, 3.63) is 0 Å². The van der Waals surface area contributed by atoms with Crippen LogP contribution in [0, 0.1) is 0 Å². The molecule has 0 radical (unpaired) electrons. The van der Waals surface area contributed by atoms with Gasteiger partial charge in [-0.05, 0) is 0 Å². The quantitative estimate of drug-likeness (QED) is 0.453. The third-order valence-electron chi connectivity index (χ3n) is 2.08. The van der Waals surface area contributed by atoms with Crippen LogP contribution in [0.15, 0.2) is 0 Å². The molecule has 0 unspecified atom stereocenters. The molecule has 1 aliphatic heterocycles. The highest BCUT2D eigenvalue weighted by Gasteiger charge is 2.04. The maximum absolute atomic E-state index is 11.2. The summed E-state index contributed by atoms with van der Waals surface area (Å²) in [4.78, 5) is 22.5. The van der Waals surface area contributed by atoms with Gasteiger partial charge in [-0.3, -0.25) is 14.9 Å². The first kappa shape index (κ1) is 13.9. The Labute approximate surface area is 100 Å². The number of nitrogens with one attached hydrogen (secondary N) is 3. The third kappa shape index (κ3) is 7.67. The number of carbonyl (C=O) groups excluding carboxylic acids is 2. The number of amides is 2. The van der Waals surface area contributed by atoms with E-state index in [1.807, 2.05) is 0 Å². The van der Waals surface area contributed by atoms with Gasteiger partial charge in [0.1, 0.15) is 0 Å². The minimum absolute atomic E-state index is 0.129. The van der Waals surface area contributed by atoms with Crippen molar-refractivity contribution in [2.75, 3.05) is 52.6 Å². The topological polar surface area (TPSA) is 88.7 Å². The SMILES string of the molecule is O=C1CNCC(=O)NCCOCCOCCN1. The van der Waals surface area contributed by atoms with E-state index in [2.05, 4.69) is 16.0 Å². The Bertz CT molecular complexity index is 224. The predicted octanol–water partition coefficient (Wildman–Crippen LogP) is -2.14. The first-order chi connectivity index (χ1) is 8.29. The number of ether oxygens (including phenoxy) is 2. The Morgan fingerprint density at radius 3 is 1.71 bits per heavy atom. The van der Waals surface area contributed by atoms with Crippen molar-refractivity contribution in [3.8, 4) is 0 Å². The maximum atomic E-state index is 11.2. The molecule has 1 heterocycles. The van der Waals surface area contributed by atoms with Gasteiger partial charge >= 0.3 is 0 Å². The van der Waals surface area contributed by atoms with E-state index in [9.17, 15) is 9.59 Å². The molecule has 0 aromatic heterocycles. The fourth-order valence-corrected chi connectivity index (χ4v) is 1.26. The van der Waals surface area contributed by atoms with Gasteiger partial charge in [-0.25, -0.2) is 0 Å². The zero-order valence-corrected chi connectivity index (χ0v) is 9.79. The van der Waals surface area contributed by atoms with Crippen molar-refractivity contribution >= 4 is 11.8 Å². The zero-order valence-electron chi connectivity index (χ0n) is 9.79. The van der Waals surface area contributed by atoms with Crippen LogP contribution >= 0.6 is 0 Å². The molecule has 1 saturated heterocycles. The second kappa shape index (κ2) is 8.91. The summed E-state index contributed by atoms with van der Waals surface area (Å²) in [5.41, 5.74) is 0. The van der Waals surface area contributed by atoms with Crippen molar-refractivity contribution < 1.29 is 19.1 Å². The van der Waals surface area contributed by atoms with Crippen LogP contribution in [0.5, 0.6) is 0 Å². The molecule has 7 nitrogen and oxygen atoms in total. The van der Waals surface area contributed by atoms with E-state index in [-0.39, 0.29) is 24.9 Å². The number of hydrogen-bond donors (Lipinski definition) is 3. The minimum Gasteiger partial charge on any atom is -0.377 e. The summed E-state index contributed by atoms with van der Waals surface area (Å²) in [6, 6.07) is 0. The summed E-state index contributed by atoms with van der Waals surface area (Å²) in [7, 11) is 0. The Morgan fingerprint density at radius 2 is 1.24 bits per heavy atom. The maximum Gasteiger partial charge on any atom is 0.234 e. The molecule has 0 aromatic rings. The highest BCUT2D eigenvalue weighted by atomic mass is 16.5. The normalized spacial score (nSPS) is 21.9. The van der Waals surface area contributed by atoms with Crippen molar-refractivity contribution in [1.29, 1.82) is 0 Å². The van der Waals surface area contributed by atoms with E-state index >= 15 is 0 Å². The molecule has 0 aliphatic carbocycles. The fourth-order valence-electron chi connectivity index (χ4n) is 1.26. The molecule has 98 valence electrons. The second-order valence-electron chi connectivity index (χ2n) is 3.53. The van der Waals surface area contributed by atoms with Crippen molar-refractivity contribution in [2.24, 2.45) is 0 Å². The lowest BCUT2D eigenvalue weighted by Crippen LogP contribution is -2.40. The van der Waals surface area contributed by atoms with Crippen LogP contribution in [0.2, 0.25) is 0 Å². The average Bonchev–Trinajstić information content (AvgIpc) is 2.31. The summed E-state index contributed by atoms with van der Waals surface area (Å²) >= 11 is 0. The zero-order chi connectivity index (χ0) is 12.3.